The highest BCUT2D eigenvalue weighted by Crippen LogP contribution is 2.24. The number of benzene rings is 1. The van der Waals surface area contributed by atoms with E-state index in [0.29, 0.717) is 5.82 Å². The number of amides is 1. The molecule has 0 saturated carbocycles. The Morgan fingerprint density at radius 2 is 2.14 bits per heavy atom. The van der Waals surface area contributed by atoms with Crippen molar-refractivity contribution in [1.82, 2.24) is 4.98 Å². The summed E-state index contributed by atoms with van der Waals surface area (Å²) in [4.78, 5) is 26.3. The molecular formula is C13H9BrClN3O3. The maximum absolute atomic E-state index is 12.1. The number of nitrogens with zero attached hydrogens (tertiary/aromatic N) is 2. The van der Waals surface area contributed by atoms with E-state index in [-0.39, 0.29) is 16.3 Å². The molecule has 1 amide bonds. The van der Waals surface area contributed by atoms with Crippen molar-refractivity contribution < 1.29 is 9.72 Å². The zero-order valence-corrected chi connectivity index (χ0v) is 13.1. The first-order chi connectivity index (χ1) is 9.88. The van der Waals surface area contributed by atoms with Crippen molar-refractivity contribution in [2.24, 2.45) is 0 Å². The van der Waals surface area contributed by atoms with Gasteiger partial charge in [-0.3, -0.25) is 14.9 Å². The molecule has 0 atom stereocenters. The van der Waals surface area contributed by atoms with Gasteiger partial charge in [0.2, 0.25) is 0 Å². The van der Waals surface area contributed by atoms with Crippen LogP contribution >= 0.6 is 27.5 Å². The molecule has 0 aliphatic rings. The number of hydrogen-bond acceptors (Lipinski definition) is 4. The standard InChI is InChI=1S/C13H9BrClN3O3/c1-7-4-8(14)6-16-12(7)17-13(19)10-3-2-9(18(20)21)5-11(10)15/h2-6H,1H3,(H,16,17,19). The zero-order valence-electron chi connectivity index (χ0n) is 10.8. The molecule has 0 saturated heterocycles. The highest BCUT2D eigenvalue weighted by molar-refractivity contribution is 9.10. The first kappa shape index (κ1) is 15.4. The van der Waals surface area contributed by atoms with E-state index < -0.39 is 10.8 Å². The van der Waals surface area contributed by atoms with Gasteiger partial charge in [0, 0.05) is 22.8 Å². The molecular weight excluding hydrogens is 362 g/mol. The van der Waals surface area contributed by atoms with Crippen LogP contribution in [0.5, 0.6) is 0 Å². The minimum atomic E-state index is -0.575. The molecule has 108 valence electrons. The quantitative estimate of drug-likeness (QED) is 0.654. The van der Waals surface area contributed by atoms with Gasteiger partial charge in [-0.2, -0.15) is 0 Å². The van der Waals surface area contributed by atoms with Crippen molar-refractivity contribution >= 4 is 44.9 Å². The number of aromatic nitrogens is 1. The van der Waals surface area contributed by atoms with E-state index >= 15 is 0 Å². The minimum absolute atomic E-state index is 0.0106. The van der Waals surface area contributed by atoms with Gasteiger partial charge in [0.15, 0.2) is 0 Å². The number of nitrogens with one attached hydrogen (secondary N) is 1. The van der Waals surface area contributed by atoms with Gasteiger partial charge in [0.1, 0.15) is 5.82 Å². The Hall–Kier alpha value is -1.99. The Balaban J connectivity index is 2.26. The van der Waals surface area contributed by atoms with E-state index in [1.807, 2.05) is 0 Å². The van der Waals surface area contributed by atoms with Crippen molar-refractivity contribution in [2.75, 3.05) is 5.32 Å². The summed E-state index contributed by atoms with van der Waals surface area (Å²) in [7, 11) is 0. The summed E-state index contributed by atoms with van der Waals surface area (Å²) in [6.45, 7) is 1.80. The number of rotatable bonds is 3. The highest BCUT2D eigenvalue weighted by Gasteiger charge is 2.16. The van der Waals surface area contributed by atoms with Crippen LogP contribution in [0.3, 0.4) is 0 Å². The van der Waals surface area contributed by atoms with Gasteiger partial charge in [-0.05, 0) is 40.5 Å². The van der Waals surface area contributed by atoms with Crippen LogP contribution in [0.2, 0.25) is 5.02 Å². The second-order valence-corrected chi connectivity index (χ2v) is 5.52. The number of non-ortho nitro benzene ring substituents is 1. The Morgan fingerprint density at radius 1 is 1.43 bits per heavy atom. The molecule has 8 heteroatoms. The van der Waals surface area contributed by atoms with Gasteiger partial charge in [-0.15, -0.1) is 0 Å². The van der Waals surface area contributed by atoms with Crippen LogP contribution in [0.1, 0.15) is 15.9 Å². The summed E-state index contributed by atoms with van der Waals surface area (Å²) in [5.74, 6) is -0.0783. The van der Waals surface area contributed by atoms with E-state index in [0.717, 1.165) is 16.1 Å². The molecule has 2 rings (SSSR count). The summed E-state index contributed by atoms with van der Waals surface area (Å²) in [6.07, 6.45) is 1.56. The minimum Gasteiger partial charge on any atom is -0.306 e. The number of carbonyl (C=O) groups is 1. The van der Waals surface area contributed by atoms with Gasteiger partial charge in [0.05, 0.1) is 15.5 Å². The third-order valence-electron chi connectivity index (χ3n) is 2.68. The van der Waals surface area contributed by atoms with E-state index in [2.05, 4.69) is 26.2 Å². The van der Waals surface area contributed by atoms with Crippen LogP contribution in [-0.2, 0) is 0 Å². The number of nitro groups is 1. The first-order valence-corrected chi connectivity index (χ1v) is 6.93. The molecule has 0 unspecified atom stereocenters. The molecule has 0 fully saturated rings. The van der Waals surface area contributed by atoms with Crippen molar-refractivity contribution in [1.29, 1.82) is 0 Å². The lowest BCUT2D eigenvalue weighted by Crippen LogP contribution is -2.14. The van der Waals surface area contributed by atoms with Crippen molar-refractivity contribution in [3.05, 3.63) is 61.2 Å². The van der Waals surface area contributed by atoms with Crippen LogP contribution in [0.4, 0.5) is 11.5 Å². The third kappa shape index (κ3) is 3.56. The Kier molecular flexibility index (Phi) is 4.54. The fraction of sp³-hybridized carbons (Fsp3) is 0.0769. The summed E-state index contributed by atoms with van der Waals surface area (Å²) < 4.78 is 0.798. The molecule has 1 aromatic heterocycles. The number of pyridine rings is 1. The number of halogens is 2. The monoisotopic (exact) mass is 369 g/mol. The molecule has 6 nitrogen and oxygen atoms in total. The lowest BCUT2D eigenvalue weighted by molar-refractivity contribution is -0.384. The average Bonchev–Trinajstić information content (AvgIpc) is 2.41. The van der Waals surface area contributed by atoms with Gasteiger partial charge < -0.3 is 5.32 Å². The summed E-state index contributed by atoms with van der Waals surface area (Å²) in [5, 5.41) is 13.3. The second-order valence-electron chi connectivity index (χ2n) is 4.19. The summed E-state index contributed by atoms with van der Waals surface area (Å²) in [5.41, 5.74) is 0.747. The van der Waals surface area contributed by atoms with Crippen molar-refractivity contribution in [3.8, 4) is 0 Å². The van der Waals surface area contributed by atoms with Crippen LogP contribution in [0.15, 0.2) is 34.9 Å². The van der Waals surface area contributed by atoms with Crippen molar-refractivity contribution in [3.63, 3.8) is 0 Å². The largest absolute Gasteiger partial charge is 0.306 e. The molecule has 0 aliphatic carbocycles. The number of hydrogen-bond donors (Lipinski definition) is 1. The number of nitro benzene ring substituents is 1. The van der Waals surface area contributed by atoms with E-state index in [9.17, 15) is 14.9 Å². The van der Waals surface area contributed by atoms with Crippen LogP contribution < -0.4 is 5.32 Å². The molecule has 0 radical (unpaired) electrons. The van der Waals surface area contributed by atoms with E-state index in [1.54, 1.807) is 19.2 Å². The summed E-state index contributed by atoms with van der Waals surface area (Å²) in [6, 6.07) is 5.48. The normalized spacial score (nSPS) is 10.2. The molecule has 0 bridgehead atoms. The SMILES string of the molecule is Cc1cc(Br)cnc1NC(=O)c1ccc([N+](=O)[O-])cc1Cl. The maximum atomic E-state index is 12.1. The van der Waals surface area contributed by atoms with Gasteiger partial charge in [-0.25, -0.2) is 4.98 Å². The fourth-order valence-corrected chi connectivity index (χ4v) is 2.35. The molecule has 2 aromatic rings. The Bertz CT molecular complexity index is 737. The van der Waals surface area contributed by atoms with Gasteiger partial charge >= 0.3 is 0 Å². The second kappa shape index (κ2) is 6.19. The van der Waals surface area contributed by atoms with Gasteiger partial charge in [0.25, 0.3) is 11.6 Å². The Labute approximate surface area is 133 Å². The smallest absolute Gasteiger partial charge is 0.270 e. The number of aryl methyl sites for hydroxylation is 1. The topological polar surface area (TPSA) is 85.1 Å². The maximum Gasteiger partial charge on any atom is 0.270 e. The van der Waals surface area contributed by atoms with Crippen LogP contribution in [0.25, 0.3) is 0 Å². The molecule has 1 aromatic carbocycles. The predicted octanol–water partition coefficient (Wildman–Crippen LogP) is 3.97. The van der Waals surface area contributed by atoms with Crippen molar-refractivity contribution in [2.45, 2.75) is 6.92 Å². The average molecular weight is 371 g/mol. The molecule has 1 N–H and O–H groups in total. The van der Waals surface area contributed by atoms with Crippen LogP contribution in [0, 0.1) is 17.0 Å². The molecule has 1 heterocycles. The molecule has 0 spiro atoms. The number of carbonyl (C=O) groups excluding carboxylic acids is 1. The predicted molar refractivity (Wildman–Crippen MR) is 82.7 cm³/mol. The first-order valence-electron chi connectivity index (χ1n) is 5.76. The summed E-state index contributed by atoms with van der Waals surface area (Å²) >= 11 is 9.19. The lowest BCUT2D eigenvalue weighted by Gasteiger charge is -2.08. The van der Waals surface area contributed by atoms with E-state index in [4.69, 9.17) is 11.6 Å². The lowest BCUT2D eigenvalue weighted by atomic mass is 10.2. The number of anilines is 1. The van der Waals surface area contributed by atoms with Crippen LogP contribution in [-0.4, -0.2) is 15.8 Å². The molecule has 21 heavy (non-hydrogen) atoms. The molecule has 0 aliphatic heterocycles. The zero-order chi connectivity index (χ0) is 15.6. The fourth-order valence-electron chi connectivity index (χ4n) is 1.65. The van der Waals surface area contributed by atoms with Gasteiger partial charge in [-0.1, -0.05) is 11.6 Å². The Morgan fingerprint density at radius 3 is 2.71 bits per heavy atom. The highest BCUT2D eigenvalue weighted by atomic mass is 79.9. The third-order valence-corrected chi connectivity index (χ3v) is 3.43. The van der Waals surface area contributed by atoms with E-state index in [1.165, 1.54) is 12.1 Å².